The van der Waals surface area contributed by atoms with E-state index in [1.807, 2.05) is 6.92 Å². The Hall–Kier alpha value is -1.06. The third kappa shape index (κ3) is 5.70. The molecule has 68 valence electrons. The second-order valence-corrected chi connectivity index (χ2v) is 2.94. The third-order valence-corrected chi connectivity index (χ3v) is 1.16. The smallest absolute Gasteiger partial charge is 0.253 e. The summed E-state index contributed by atoms with van der Waals surface area (Å²) in [6.45, 7) is 1.85. The van der Waals surface area contributed by atoms with E-state index in [9.17, 15) is 8.42 Å². The van der Waals surface area contributed by atoms with Crippen LogP contribution in [-0.4, -0.2) is 18.7 Å². The Morgan fingerprint density at radius 1 is 1.75 bits per heavy atom. The van der Waals surface area contributed by atoms with Crippen molar-refractivity contribution >= 4 is 16.1 Å². The number of hydrogen-bond donors (Lipinski definition) is 1. The largest absolute Gasteiger partial charge is 0.466 e. The van der Waals surface area contributed by atoms with Gasteiger partial charge in [-0.3, -0.25) is 4.55 Å². The molecule has 0 aliphatic carbocycles. The fraction of sp³-hybridized carbons (Fsp3) is 0.500. The van der Waals surface area contributed by atoms with Crippen molar-refractivity contribution in [3.8, 4) is 12.3 Å². The van der Waals surface area contributed by atoms with Gasteiger partial charge >= 0.3 is 10.4 Å². The van der Waals surface area contributed by atoms with Gasteiger partial charge in [0.15, 0.2) is 0 Å². The van der Waals surface area contributed by atoms with Crippen LogP contribution in [0, 0.1) is 12.3 Å². The van der Waals surface area contributed by atoms with E-state index in [1.165, 1.54) is 0 Å². The average Bonchev–Trinajstić information content (AvgIpc) is 1.96. The van der Waals surface area contributed by atoms with Gasteiger partial charge in [-0.1, -0.05) is 18.0 Å². The predicted molar refractivity (Wildman–Crippen MR) is 43.8 cm³/mol. The van der Waals surface area contributed by atoms with E-state index in [4.69, 9.17) is 11.0 Å². The lowest BCUT2D eigenvalue weighted by molar-refractivity contribution is 0.282. The zero-order valence-electron chi connectivity index (χ0n) is 6.52. The number of nitrogens with zero attached hydrogens (tertiary/aromatic N) is 1. The second kappa shape index (κ2) is 4.74. The Morgan fingerprint density at radius 3 is 2.67 bits per heavy atom. The van der Waals surface area contributed by atoms with E-state index < -0.39 is 10.4 Å². The highest BCUT2D eigenvalue weighted by Crippen LogP contribution is 1.94. The Labute approximate surface area is 71.4 Å². The molecular weight excluding hydrogens is 182 g/mol. The van der Waals surface area contributed by atoms with Crippen molar-refractivity contribution in [3.05, 3.63) is 0 Å². The van der Waals surface area contributed by atoms with Crippen molar-refractivity contribution in [1.29, 1.82) is 0 Å². The van der Waals surface area contributed by atoms with Gasteiger partial charge in [0.25, 0.3) is 0 Å². The number of rotatable bonds is 4. The lowest BCUT2D eigenvalue weighted by atomic mass is 10.2. The summed E-state index contributed by atoms with van der Waals surface area (Å²) in [4.78, 5) is 0. The predicted octanol–water partition coefficient (Wildman–Crippen LogP) is 0.595. The highest BCUT2D eigenvalue weighted by atomic mass is 32.3. The van der Waals surface area contributed by atoms with Crippen LogP contribution in [0.25, 0.3) is 0 Å². The molecule has 0 saturated carbocycles. The van der Waals surface area contributed by atoms with Gasteiger partial charge in [-0.2, -0.15) is 8.42 Å². The van der Waals surface area contributed by atoms with E-state index in [0.29, 0.717) is 6.42 Å². The minimum atomic E-state index is -4.53. The first-order chi connectivity index (χ1) is 5.49. The first-order valence-electron chi connectivity index (χ1n) is 3.19. The summed E-state index contributed by atoms with van der Waals surface area (Å²) in [5.74, 6) is 2.12. The van der Waals surface area contributed by atoms with Crippen LogP contribution >= 0.6 is 0 Å². The van der Waals surface area contributed by atoms with Gasteiger partial charge in [-0.05, 0) is 6.42 Å². The van der Waals surface area contributed by atoms with Crippen LogP contribution in [0.4, 0.5) is 0 Å². The van der Waals surface area contributed by atoms with Gasteiger partial charge in [0, 0.05) is 6.42 Å². The van der Waals surface area contributed by atoms with Crippen LogP contribution in [0.15, 0.2) is 5.16 Å². The summed E-state index contributed by atoms with van der Waals surface area (Å²) in [5.41, 5.74) is 0.148. The molecule has 0 fully saturated rings. The summed E-state index contributed by atoms with van der Waals surface area (Å²) in [5, 5.41) is 3.05. The Kier molecular flexibility index (Phi) is 4.33. The first kappa shape index (κ1) is 10.9. The van der Waals surface area contributed by atoms with Crippen LogP contribution in [0.1, 0.15) is 19.8 Å². The summed E-state index contributed by atoms with van der Waals surface area (Å²) >= 11 is 0. The van der Waals surface area contributed by atoms with Crippen molar-refractivity contribution in [1.82, 2.24) is 0 Å². The van der Waals surface area contributed by atoms with Crippen molar-refractivity contribution < 1.29 is 17.3 Å². The zero-order valence-corrected chi connectivity index (χ0v) is 7.34. The fourth-order valence-electron chi connectivity index (χ4n) is 0.473. The van der Waals surface area contributed by atoms with Gasteiger partial charge in [-0.15, -0.1) is 6.42 Å². The maximum Gasteiger partial charge on any atom is 0.466 e. The average molecular weight is 191 g/mol. The molecule has 0 aromatic carbocycles. The molecule has 6 heteroatoms. The number of hydrogen-bond acceptors (Lipinski definition) is 4. The molecule has 0 aliphatic heterocycles. The zero-order chi connectivity index (χ0) is 9.61. The highest BCUT2D eigenvalue weighted by Gasteiger charge is 2.03. The van der Waals surface area contributed by atoms with Crippen LogP contribution in [0.3, 0.4) is 0 Å². The Morgan fingerprint density at radius 2 is 2.33 bits per heavy atom. The highest BCUT2D eigenvalue weighted by molar-refractivity contribution is 7.80. The second-order valence-electron chi connectivity index (χ2n) is 1.93. The van der Waals surface area contributed by atoms with Gasteiger partial charge in [0.2, 0.25) is 0 Å². The molecule has 0 rings (SSSR count). The Bertz CT molecular complexity index is 298. The normalized spacial score (nSPS) is 12.2. The summed E-state index contributed by atoms with van der Waals surface area (Å²) < 4.78 is 31.8. The molecule has 0 spiro atoms. The van der Waals surface area contributed by atoms with Crippen LogP contribution in [0.5, 0.6) is 0 Å². The Balaban J connectivity index is 4.25. The van der Waals surface area contributed by atoms with Crippen molar-refractivity contribution in [2.24, 2.45) is 5.16 Å². The SMILES string of the molecule is C#C/C(CCC)=N/OS(=O)(=O)O. The van der Waals surface area contributed by atoms with Crippen LogP contribution < -0.4 is 0 Å². The van der Waals surface area contributed by atoms with E-state index >= 15 is 0 Å². The van der Waals surface area contributed by atoms with E-state index in [0.717, 1.165) is 6.42 Å². The minimum absolute atomic E-state index is 0.148. The monoisotopic (exact) mass is 191 g/mol. The summed E-state index contributed by atoms with van der Waals surface area (Å²) in [7, 11) is -4.53. The fourth-order valence-corrected chi connectivity index (χ4v) is 0.657. The van der Waals surface area contributed by atoms with Gasteiger partial charge in [0.1, 0.15) is 5.71 Å². The molecule has 0 bridgehead atoms. The maximum absolute atomic E-state index is 10.0. The summed E-state index contributed by atoms with van der Waals surface area (Å²) in [6.07, 6.45) is 6.11. The molecule has 0 atom stereocenters. The molecule has 0 saturated heterocycles. The summed E-state index contributed by atoms with van der Waals surface area (Å²) in [6, 6.07) is 0. The van der Waals surface area contributed by atoms with Gasteiger partial charge < -0.3 is 0 Å². The van der Waals surface area contributed by atoms with E-state index in [1.54, 1.807) is 0 Å². The van der Waals surface area contributed by atoms with E-state index in [2.05, 4.69) is 15.4 Å². The van der Waals surface area contributed by atoms with Crippen LogP contribution in [-0.2, 0) is 14.7 Å². The maximum atomic E-state index is 10.0. The molecule has 5 nitrogen and oxygen atoms in total. The number of terminal acetylenes is 1. The molecular formula is C6H9NO4S. The van der Waals surface area contributed by atoms with Gasteiger partial charge in [0.05, 0.1) is 0 Å². The van der Waals surface area contributed by atoms with Crippen LogP contribution in [0.2, 0.25) is 0 Å². The van der Waals surface area contributed by atoms with Crippen molar-refractivity contribution in [3.63, 3.8) is 0 Å². The van der Waals surface area contributed by atoms with Gasteiger partial charge in [-0.25, -0.2) is 4.28 Å². The molecule has 0 radical (unpaired) electrons. The molecule has 0 amide bonds. The molecule has 0 aliphatic rings. The van der Waals surface area contributed by atoms with Crippen molar-refractivity contribution in [2.45, 2.75) is 19.8 Å². The molecule has 0 aromatic rings. The minimum Gasteiger partial charge on any atom is -0.253 e. The molecule has 0 heterocycles. The lowest BCUT2D eigenvalue weighted by Gasteiger charge is -1.94. The van der Waals surface area contributed by atoms with Crippen molar-refractivity contribution in [2.75, 3.05) is 0 Å². The number of oxime groups is 1. The topological polar surface area (TPSA) is 76.0 Å². The molecule has 12 heavy (non-hydrogen) atoms. The standard InChI is InChI=1S/C6H9NO4S/c1-3-5-6(4-2)7-11-12(8,9)10/h2H,3,5H2,1H3,(H,8,9,10)/b7-6-. The molecule has 0 aromatic heterocycles. The molecule has 0 unspecified atom stereocenters. The third-order valence-electron chi connectivity index (χ3n) is 0.895. The first-order valence-corrected chi connectivity index (χ1v) is 4.55. The van der Waals surface area contributed by atoms with E-state index in [-0.39, 0.29) is 5.71 Å². The molecule has 1 N–H and O–H groups in total. The lowest BCUT2D eigenvalue weighted by Crippen LogP contribution is -2.02. The quantitative estimate of drug-likeness (QED) is 0.305.